The van der Waals surface area contributed by atoms with Crippen molar-refractivity contribution in [3.05, 3.63) is 53.6 Å². The Morgan fingerprint density at radius 3 is 2.31 bits per heavy atom. The van der Waals surface area contributed by atoms with Gasteiger partial charge in [0.1, 0.15) is 0 Å². The molecule has 174 valence electrons. The molecule has 2 aromatic rings. The number of rotatable bonds is 9. The van der Waals surface area contributed by atoms with Crippen LogP contribution in [-0.4, -0.2) is 52.9 Å². The maximum absolute atomic E-state index is 12.6. The van der Waals surface area contributed by atoms with Gasteiger partial charge in [0.2, 0.25) is 26.0 Å². The summed E-state index contributed by atoms with van der Waals surface area (Å²) in [5.74, 6) is -0.292. The molecule has 0 radical (unpaired) electrons. The van der Waals surface area contributed by atoms with Gasteiger partial charge in [-0.25, -0.2) is 16.8 Å². The van der Waals surface area contributed by atoms with Crippen molar-refractivity contribution in [2.45, 2.75) is 30.6 Å². The van der Waals surface area contributed by atoms with Crippen LogP contribution in [0.25, 0.3) is 0 Å². The summed E-state index contributed by atoms with van der Waals surface area (Å²) >= 11 is 5.96. The molecule has 0 unspecified atom stereocenters. The van der Waals surface area contributed by atoms with E-state index in [1.165, 1.54) is 20.7 Å². The number of carbonyl (C=O) groups excluding carboxylic acids is 1. The smallest absolute Gasteiger partial charge is 0.243 e. The molecule has 11 heteroatoms. The molecule has 1 fully saturated rings. The lowest BCUT2D eigenvalue weighted by Crippen LogP contribution is -2.31. The largest absolute Gasteiger partial charge is 0.326 e. The maximum Gasteiger partial charge on any atom is 0.243 e. The molecule has 1 amide bonds. The van der Waals surface area contributed by atoms with E-state index in [0.717, 1.165) is 19.1 Å². The molecular weight excluding hydrogens is 474 g/mol. The molecule has 32 heavy (non-hydrogen) atoms. The molecule has 1 heterocycles. The second-order valence-electron chi connectivity index (χ2n) is 7.60. The minimum atomic E-state index is -3.54. The van der Waals surface area contributed by atoms with Gasteiger partial charge in [0.25, 0.3) is 0 Å². The molecule has 8 nitrogen and oxygen atoms in total. The third-order valence-electron chi connectivity index (χ3n) is 5.10. The van der Waals surface area contributed by atoms with Crippen LogP contribution in [0.5, 0.6) is 0 Å². The van der Waals surface area contributed by atoms with Crippen molar-refractivity contribution >= 4 is 48.9 Å². The van der Waals surface area contributed by atoms with Crippen LogP contribution >= 0.6 is 11.6 Å². The first-order valence-electron chi connectivity index (χ1n) is 10.2. The van der Waals surface area contributed by atoms with Gasteiger partial charge in [-0.3, -0.25) is 9.10 Å². The lowest BCUT2D eigenvalue weighted by atomic mass is 10.2. The molecular formula is C21H26ClN3O5S2. The van der Waals surface area contributed by atoms with Crippen LogP contribution in [0.3, 0.4) is 0 Å². The SMILES string of the molecule is CS(=O)(=O)N(CCCC(=O)Nc1ccc(S(=O)(=O)N2CCCC2)cc1)c1cccc(Cl)c1. The molecule has 0 atom stereocenters. The number of amides is 1. The predicted molar refractivity (Wildman–Crippen MR) is 126 cm³/mol. The first kappa shape index (κ1) is 24.5. The Balaban J connectivity index is 1.56. The van der Waals surface area contributed by atoms with Crippen molar-refractivity contribution in [3.63, 3.8) is 0 Å². The van der Waals surface area contributed by atoms with Crippen LogP contribution in [0, 0.1) is 0 Å². The highest BCUT2D eigenvalue weighted by Crippen LogP contribution is 2.23. The monoisotopic (exact) mass is 499 g/mol. The fraction of sp³-hybridized carbons (Fsp3) is 0.381. The van der Waals surface area contributed by atoms with Crippen molar-refractivity contribution in [3.8, 4) is 0 Å². The lowest BCUT2D eigenvalue weighted by Gasteiger charge is -2.22. The number of nitrogens with one attached hydrogen (secondary N) is 1. The maximum atomic E-state index is 12.6. The van der Waals surface area contributed by atoms with Crippen molar-refractivity contribution < 1.29 is 21.6 Å². The highest BCUT2D eigenvalue weighted by atomic mass is 35.5. The van der Waals surface area contributed by atoms with Crippen LogP contribution in [-0.2, 0) is 24.8 Å². The zero-order valence-electron chi connectivity index (χ0n) is 17.7. The molecule has 3 rings (SSSR count). The summed E-state index contributed by atoms with van der Waals surface area (Å²) in [7, 11) is -7.04. The number of hydrogen-bond acceptors (Lipinski definition) is 5. The molecule has 0 saturated carbocycles. The van der Waals surface area contributed by atoms with Crippen LogP contribution < -0.4 is 9.62 Å². The molecule has 1 aliphatic heterocycles. The van der Waals surface area contributed by atoms with Crippen LogP contribution in [0.4, 0.5) is 11.4 Å². The highest BCUT2D eigenvalue weighted by molar-refractivity contribution is 7.92. The lowest BCUT2D eigenvalue weighted by molar-refractivity contribution is -0.116. The molecule has 2 aromatic carbocycles. The summed E-state index contributed by atoms with van der Waals surface area (Å²) in [6.07, 6.45) is 3.22. The van der Waals surface area contributed by atoms with Crippen molar-refractivity contribution in [2.24, 2.45) is 0 Å². The van der Waals surface area contributed by atoms with E-state index in [9.17, 15) is 21.6 Å². The molecule has 1 N–H and O–H groups in total. The first-order chi connectivity index (χ1) is 15.1. The topological polar surface area (TPSA) is 104 Å². The number of nitrogens with zero attached hydrogens (tertiary/aromatic N) is 2. The average Bonchev–Trinajstić information content (AvgIpc) is 3.26. The summed E-state index contributed by atoms with van der Waals surface area (Å²) in [6.45, 7) is 1.18. The Labute approximate surface area is 194 Å². The Morgan fingerprint density at radius 2 is 1.72 bits per heavy atom. The normalized spacial score (nSPS) is 14.9. The van der Waals surface area contributed by atoms with E-state index >= 15 is 0 Å². The van der Waals surface area contributed by atoms with Crippen molar-refractivity contribution in [1.29, 1.82) is 0 Å². The predicted octanol–water partition coefficient (Wildman–Crippen LogP) is 3.31. The fourth-order valence-electron chi connectivity index (χ4n) is 3.51. The van der Waals surface area contributed by atoms with E-state index in [2.05, 4.69) is 5.32 Å². The van der Waals surface area contributed by atoms with Gasteiger partial charge in [0, 0.05) is 36.8 Å². The Morgan fingerprint density at radius 1 is 1.06 bits per heavy atom. The van der Waals surface area contributed by atoms with E-state index < -0.39 is 20.0 Å². The summed E-state index contributed by atoms with van der Waals surface area (Å²) < 4.78 is 52.1. The molecule has 1 saturated heterocycles. The minimum absolute atomic E-state index is 0.0976. The average molecular weight is 500 g/mol. The van der Waals surface area contributed by atoms with Gasteiger partial charge in [0.15, 0.2) is 0 Å². The summed E-state index contributed by atoms with van der Waals surface area (Å²) in [5, 5.41) is 3.14. The minimum Gasteiger partial charge on any atom is -0.326 e. The number of carbonyl (C=O) groups is 1. The third kappa shape index (κ3) is 6.22. The number of anilines is 2. The van der Waals surface area contributed by atoms with Gasteiger partial charge >= 0.3 is 0 Å². The van der Waals surface area contributed by atoms with Crippen LogP contribution in [0.2, 0.25) is 5.02 Å². The molecule has 0 bridgehead atoms. The van der Waals surface area contributed by atoms with Crippen LogP contribution in [0.15, 0.2) is 53.4 Å². The van der Waals surface area contributed by atoms with Gasteiger partial charge < -0.3 is 5.32 Å². The second-order valence-corrected chi connectivity index (χ2v) is 11.9. The number of sulfonamides is 2. The zero-order valence-corrected chi connectivity index (χ0v) is 20.1. The van der Waals surface area contributed by atoms with E-state index in [4.69, 9.17) is 11.6 Å². The van der Waals surface area contributed by atoms with Gasteiger partial charge in [-0.1, -0.05) is 17.7 Å². The second kappa shape index (κ2) is 10.2. The van der Waals surface area contributed by atoms with Gasteiger partial charge in [-0.05, 0) is 61.7 Å². The number of benzene rings is 2. The highest BCUT2D eigenvalue weighted by Gasteiger charge is 2.27. The van der Waals surface area contributed by atoms with Crippen molar-refractivity contribution in [1.82, 2.24) is 4.31 Å². The Bertz CT molecular complexity index is 1160. The molecule has 0 aliphatic carbocycles. The van der Waals surface area contributed by atoms with Gasteiger partial charge in [-0.2, -0.15) is 4.31 Å². The van der Waals surface area contributed by atoms with E-state index in [1.54, 1.807) is 36.4 Å². The molecule has 0 aromatic heterocycles. The fourth-order valence-corrected chi connectivity index (χ4v) is 6.17. The van der Waals surface area contributed by atoms with E-state index in [-0.39, 0.29) is 23.8 Å². The summed E-state index contributed by atoms with van der Waals surface area (Å²) in [6, 6.07) is 12.6. The molecule has 1 aliphatic rings. The Hall–Kier alpha value is -2.14. The number of hydrogen-bond donors (Lipinski definition) is 1. The van der Waals surface area contributed by atoms with E-state index in [0.29, 0.717) is 35.9 Å². The first-order valence-corrected chi connectivity index (χ1v) is 13.9. The molecule has 0 spiro atoms. The summed E-state index contributed by atoms with van der Waals surface area (Å²) in [4.78, 5) is 12.5. The standard InChI is InChI=1S/C21H26ClN3O5S2/c1-31(27,28)25(19-7-4-6-17(22)16-19)15-5-8-21(26)23-18-9-11-20(12-10-18)32(29,30)24-13-2-3-14-24/h4,6-7,9-12,16H,2-3,5,8,13-15H2,1H3,(H,23,26). The van der Waals surface area contributed by atoms with Gasteiger partial charge in [0.05, 0.1) is 16.8 Å². The number of halogens is 1. The third-order valence-corrected chi connectivity index (χ3v) is 8.44. The zero-order chi connectivity index (χ0) is 23.4. The van der Waals surface area contributed by atoms with E-state index in [1.807, 2.05) is 0 Å². The van der Waals surface area contributed by atoms with Crippen molar-refractivity contribution in [2.75, 3.05) is 35.5 Å². The summed E-state index contributed by atoms with van der Waals surface area (Å²) in [5.41, 5.74) is 0.917. The quantitative estimate of drug-likeness (QED) is 0.570. The van der Waals surface area contributed by atoms with Gasteiger partial charge in [-0.15, -0.1) is 0 Å². The Kier molecular flexibility index (Phi) is 7.81. The van der Waals surface area contributed by atoms with Crippen LogP contribution in [0.1, 0.15) is 25.7 Å².